The van der Waals surface area contributed by atoms with Crippen molar-refractivity contribution in [1.82, 2.24) is 19.6 Å². The van der Waals surface area contributed by atoms with E-state index in [9.17, 15) is 9.18 Å². The predicted octanol–water partition coefficient (Wildman–Crippen LogP) is 7.09. The number of aromatic amines is 1. The van der Waals surface area contributed by atoms with Gasteiger partial charge in [-0.05, 0) is 80.4 Å². The average Bonchev–Trinajstić information content (AvgIpc) is 3.61. The molecule has 0 spiro atoms. The maximum absolute atomic E-state index is 13.4. The Morgan fingerprint density at radius 2 is 1.64 bits per heavy atom. The van der Waals surface area contributed by atoms with Crippen molar-refractivity contribution in [3.05, 3.63) is 85.1 Å². The van der Waals surface area contributed by atoms with Gasteiger partial charge in [0.2, 0.25) is 0 Å². The Bertz CT molecular complexity index is 1520. The molecule has 0 radical (unpaired) electrons. The van der Waals surface area contributed by atoms with Gasteiger partial charge in [-0.1, -0.05) is 12.8 Å². The molecule has 0 saturated heterocycles. The van der Waals surface area contributed by atoms with Crippen molar-refractivity contribution >= 4 is 11.6 Å². The summed E-state index contributed by atoms with van der Waals surface area (Å²) in [5.74, 6) is 0.429. The second kappa shape index (κ2) is 12.4. The van der Waals surface area contributed by atoms with E-state index in [-0.39, 0.29) is 11.8 Å². The number of ether oxygens (including phenoxy) is 2. The zero-order valence-corrected chi connectivity index (χ0v) is 21.9. The summed E-state index contributed by atoms with van der Waals surface area (Å²) >= 11 is 0. The smallest absolute Gasteiger partial charge is 0.305 e. The quantitative estimate of drug-likeness (QED) is 0.139. The second-order valence-corrected chi connectivity index (χ2v) is 9.30. The molecule has 0 amide bonds. The van der Waals surface area contributed by atoms with Crippen LogP contribution in [0.2, 0.25) is 0 Å². The van der Waals surface area contributed by atoms with E-state index in [4.69, 9.17) is 9.47 Å². The molecule has 0 aliphatic carbocycles. The number of imidazole rings is 1. The van der Waals surface area contributed by atoms with E-state index >= 15 is 0 Å². The molecule has 0 unspecified atom stereocenters. The van der Waals surface area contributed by atoms with Crippen molar-refractivity contribution in [1.29, 1.82) is 0 Å². The zero-order valence-electron chi connectivity index (χ0n) is 21.9. The van der Waals surface area contributed by atoms with Crippen molar-refractivity contribution in [3.8, 4) is 39.4 Å². The fourth-order valence-electron chi connectivity index (χ4n) is 4.57. The van der Waals surface area contributed by atoms with Gasteiger partial charge in [0.05, 0.1) is 37.0 Å². The molecule has 5 aromatic rings. The van der Waals surface area contributed by atoms with E-state index in [0.29, 0.717) is 19.6 Å². The van der Waals surface area contributed by atoms with Gasteiger partial charge in [0.15, 0.2) is 0 Å². The average molecular weight is 527 g/mol. The van der Waals surface area contributed by atoms with Crippen LogP contribution < -0.4 is 4.74 Å². The molecule has 8 heteroatoms. The number of carbonyl (C=O) groups is 1. The summed E-state index contributed by atoms with van der Waals surface area (Å²) in [7, 11) is 0. The van der Waals surface area contributed by atoms with E-state index < -0.39 is 0 Å². The summed E-state index contributed by atoms with van der Waals surface area (Å²) in [6.45, 7) is 2.90. The lowest BCUT2D eigenvalue weighted by Crippen LogP contribution is -2.03. The highest BCUT2D eigenvalue weighted by molar-refractivity contribution is 5.81. The normalized spacial score (nSPS) is 11.1. The lowest BCUT2D eigenvalue weighted by atomic mass is 10.0. The van der Waals surface area contributed by atoms with E-state index in [0.717, 1.165) is 70.7 Å². The number of H-pyrrole nitrogens is 1. The van der Waals surface area contributed by atoms with Crippen LogP contribution in [-0.2, 0) is 9.53 Å². The van der Waals surface area contributed by atoms with Crippen LogP contribution in [0.4, 0.5) is 4.39 Å². The molecule has 0 aliphatic heterocycles. The summed E-state index contributed by atoms with van der Waals surface area (Å²) in [6.07, 6.45) is 9.96. The molecule has 3 aromatic heterocycles. The van der Waals surface area contributed by atoms with E-state index in [1.54, 1.807) is 18.3 Å². The third-order valence-corrected chi connectivity index (χ3v) is 6.59. The van der Waals surface area contributed by atoms with Crippen molar-refractivity contribution < 1.29 is 18.7 Å². The number of nitrogens with zero attached hydrogens (tertiary/aromatic N) is 3. The number of hydrogen-bond donors (Lipinski definition) is 1. The first kappa shape index (κ1) is 26.2. The molecule has 0 fully saturated rings. The second-order valence-electron chi connectivity index (χ2n) is 9.30. The number of unbranched alkanes of at least 4 members (excludes halogenated alkanes) is 3. The molecular formula is C31H31FN4O3. The minimum absolute atomic E-state index is 0.118. The number of hydrogen-bond acceptors (Lipinski definition) is 5. The molecule has 3 heterocycles. The Labute approximate surface area is 226 Å². The van der Waals surface area contributed by atoms with Crippen LogP contribution in [0.15, 0.2) is 79.3 Å². The van der Waals surface area contributed by atoms with Crippen LogP contribution in [0.1, 0.15) is 39.0 Å². The fraction of sp³-hybridized carbons (Fsp3) is 0.258. The van der Waals surface area contributed by atoms with Crippen LogP contribution in [-0.4, -0.2) is 38.8 Å². The zero-order chi connectivity index (χ0) is 27.0. The number of pyridine rings is 1. The predicted molar refractivity (Wildman–Crippen MR) is 149 cm³/mol. The largest absolute Gasteiger partial charge is 0.494 e. The Morgan fingerprint density at radius 1 is 0.897 bits per heavy atom. The molecule has 1 N–H and O–H groups in total. The number of nitrogens with one attached hydrogen (secondary N) is 1. The summed E-state index contributed by atoms with van der Waals surface area (Å²) in [5, 5.41) is 7.28. The standard InChI is InChI=1S/C31H31FN4O3/c1-2-38-30(37)7-5-3-4-6-18-39-26-15-10-22(11-16-26)28-20-33-29-17-12-24(21-36(28)29)27-19-34-35-31(27)23-8-13-25(32)14-9-23/h8-17,19-21H,2-7,18H2,1H3,(H,34,35). The third-order valence-electron chi connectivity index (χ3n) is 6.59. The Morgan fingerprint density at radius 3 is 2.44 bits per heavy atom. The van der Waals surface area contributed by atoms with Gasteiger partial charge in [-0.25, -0.2) is 9.37 Å². The van der Waals surface area contributed by atoms with Crippen molar-refractivity contribution in [3.63, 3.8) is 0 Å². The summed E-state index contributed by atoms with van der Waals surface area (Å²) in [4.78, 5) is 16.0. The van der Waals surface area contributed by atoms with Gasteiger partial charge < -0.3 is 9.47 Å². The molecule has 7 nitrogen and oxygen atoms in total. The third kappa shape index (κ3) is 6.34. The monoisotopic (exact) mass is 526 g/mol. The van der Waals surface area contributed by atoms with Crippen LogP contribution in [0, 0.1) is 5.82 Å². The number of fused-ring (bicyclic) bond motifs is 1. The van der Waals surface area contributed by atoms with Gasteiger partial charge in [-0.3, -0.25) is 14.3 Å². The molecule has 5 rings (SSSR count). The molecule has 200 valence electrons. The Kier molecular flexibility index (Phi) is 8.31. The Balaban J connectivity index is 1.23. The highest BCUT2D eigenvalue weighted by atomic mass is 19.1. The molecular weight excluding hydrogens is 495 g/mol. The topological polar surface area (TPSA) is 81.5 Å². The lowest BCUT2D eigenvalue weighted by molar-refractivity contribution is -0.143. The SMILES string of the molecule is CCOC(=O)CCCCCCOc1ccc(-c2cnc3ccc(-c4cn[nH]c4-c4ccc(F)cc4)cn23)cc1. The minimum Gasteiger partial charge on any atom is -0.494 e. The van der Waals surface area contributed by atoms with Crippen LogP contribution in [0.5, 0.6) is 5.75 Å². The molecule has 0 aliphatic rings. The van der Waals surface area contributed by atoms with Gasteiger partial charge in [0, 0.05) is 34.9 Å². The lowest BCUT2D eigenvalue weighted by Gasteiger charge is -2.09. The number of aromatic nitrogens is 4. The summed E-state index contributed by atoms with van der Waals surface area (Å²) in [6, 6.07) is 18.4. The van der Waals surface area contributed by atoms with Gasteiger partial charge >= 0.3 is 5.97 Å². The van der Waals surface area contributed by atoms with Crippen molar-refractivity contribution in [2.75, 3.05) is 13.2 Å². The van der Waals surface area contributed by atoms with E-state index in [1.807, 2.05) is 55.7 Å². The maximum atomic E-state index is 13.4. The molecule has 39 heavy (non-hydrogen) atoms. The molecule has 0 bridgehead atoms. The van der Waals surface area contributed by atoms with E-state index in [1.165, 1.54) is 12.1 Å². The van der Waals surface area contributed by atoms with Gasteiger partial charge in [0.1, 0.15) is 17.2 Å². The highest BCUT2D eigenvalue weighted by Gasteiger charge is 2.13. The number of esters is 1. The first-order valence-electron chi connectivity index (χ1n) is 13.3. The number of rotatable bonds is 12. The first-order chi connectivity index (χ1) is 19.1. The summed E-state index contributed by atoms with van der Waals surface area (Å²) < 4.78 is 26.3. The number of carbonyl (C=O) groups excluding carboxylic acids is 1. The first-order valence-corrected chi connectivity index (χ1v) is 13.3. The van der Waals surface area contributed by atoms with E-state index in [2.05, 4.69) is 19.6 Å². The van der Waals surface area contributed by atoms with Gasteiger partial charge in [-0.15, -0.1) is 0 Å². The number of benzene rings is 2. The fourth-order valence-corrected chi connectivity index (χ4v) is 4.57. The van der Waals surface area contributed by atoms with Crippen LogP contribution >= 0.6 is 0 Å². The van der Waals surface area contributed by atoms with Crippen LogP contribution in [0.25, 0.3) is 39.3 Å². The Hall–Kier alpha value is -4.46. The highest BCUT2D eigenvalue weighted by Crippen LogP contribution is 2.32. The van der Waals surface area contributed by atoms with Gasteiger partial charge in [0.25, 0.3) is 0 Å². The minimum atomic E-state index is -0.275. The maximum Gasteiger partial charge on any atom is 0.305 e. The molecule has 0 saturated carbocycles. The molecule has 2 aromatic carbocycles. The van der Waals surface area contributed by atoms with Gasteiger partial charge in [-0.2, -0.15) is 5.10 Å². The van der Waals surface area contributed by atoms with Crippen molar-refractivity contribution in [2.24, 2.45) is 0 Å². The van der Waals surface area contributed by atoms with Crippen molar-refractivity contribution in [2.45, 2.75) is 39.0 Å². The summed E-state index contributed by atoms with van der Waals surface area (Å²) in [5.41, 5.74) is 6.41. The van der Waals surface area contributed by atoms with Crippen LogP contribution in [0.3, 0.4) is 0 Å². The number of halogens is 1. The molecule has 0 atom stereocenters.